The molecule has 37 heavy (non-hydrogen) atoms. The molecular formula is C26H36N4O7. The molecule has 0 aromatic carbocycles. The van der Waals surface area contributed by atoms with Crippen molar-refractivity contribution < 1.29 is 33.4 Å². The van der Waals surface area contributed by atoms with E-state index in [0.29, 0.717) is 38.1 Å². The third kappa shape index (κ3) is 3.94. The van der Waals surface area contributed by atoms with Crippen LogP contribution in [0.25, 0.3) is 0 Å². The first-order chi connectivity index (χ1) is 17.7. The molecule has 11 heteroatoms. The van der Waals surface area contributed by atoms with Gasteiger partial charge < -0.3 is 19.1 Å². The zero-order valence-electron chi connectivity index (χ0n) is 22.4. The number of ether oxygens (including phenoxy) is 3. The van der Waals surface area contributed by atoms with Crippen molar-refractivity contribution in [3.63, 3.8) is 0 Å². The summed E-state index contributed by atoms with van der Waals surface area (Å²) in [6.45, 7) is 10.8. The van der Waals surface area contributed by atoms with Gasteiger partial charge in [-0.1, -0.05) is 13.0 Å². The number of hydrogen-bond acceptors (Lipinski definition) is 8. The lowest BCUT2D eigenvalue weighted by Gasteiger charge is -2.49. The van der Waals surface area contributed by atoms with Gasteiger partial charge in [0, 0.05) is 38.2 Å². The average molecular weight is 517 g/mol. The highest BCUT2D eigenvalue weighted by Crippen LogP contribution is 2.56. The Morgan fingerprint density at radius 1 is 1.19 bits per heavy atom. The molecule has 0 saturated carbocycles. The van der Waals surface area contributed by atoms with Crippen molar-refractivity contribution in [3.8, 4) is 0 Å². The monoisotopic (exact) mass is 516 g/mol. The number of allylic oxidation sites excluding steroid dienone is 2. The van der Waals surface area contributed by atoms with Crippen LogP contribution in [0, 0.1) is 17.8 Å². The Morgan fingerprint density at radius 3 is 2.49 bits per heavy atom. The molecule has 1 aliphatic carbocycles. The summed E-state index contributed by atoms with van der Waals surface area (Å²) in [7, 11) is 1.55. The molecular weight excluding hydrogens is 480 g/mol. The zero-order chi connectivity index (χ0) is 27.1. The van der Waals surface area contributed by atoms with Gasteiger partial charge in [-0.3, -0.25) is 19.5 Å². The summed E-state index contributed by atoms with van der Waals surface area (Å²) in [4.78, 5) is 61.9. The first kappa shape index (κ1) is 26.8. The molecule has 3 aliphatic heterocycles. The number of cyclic esters (lactones) is 1. The van der Waals surface area contributed by atoms with Crippen molar-refractivity contribution in [2.24, 2.45) is 22.7 Å². The van der Waals surface area contributed by atoms with Crippen molar-refractivity contribution in [1.29, 1.82) is 0 Å². The second kappa shape index (κ2) is 10.3. The second-order valence-corrected chi connectivity index (χ2v) is 9.63. The highest BCUT2D eigenvalue weighted by molar-refractivity contribution is 6.08. The number of imide groups is 1. The molecule has 0 N–H and O–H groups in total. The fourth-order valence-corrected chi connectivity index (χ4v) is 6.15. The van der Waals surface area contributed by atoms with E-state index in [9.17, 15) is 19.2 Å². The van der Waals surface area contributed by atoms with Crippen LogP contribution >= 0.6 is 0 Å². The van der Waals surface area contributed by atoms with E-state index in [1.807, 2.05) is 26.8 Å². The number of rotatable bonds is 8. The summed E-state index contributed by atoms with van der Waals surface area (Å²) < 4.78 is 16.7. The highest BCUT2D eigenvalue weighted by atomic mass is 16.6. The van der Waals surface area contributed by atoms with Crippen molar-refractivity contribution in [2.75, 3.05) is 39.9 Å². The van der Waals surface area contributed by atoms with Crippen molar-refractivity contribution in [1.82, 2.24) is 14.7 Å². The predicted octanol–water partition coefficient (Wildman–Crippen LogP) is 2.92. The normalized spacial score (nSPS) is 29.8. The van der Waals surface area contributed by atoms with Crippen LogP contribution in [-0.2, 0) is 23.8 Å². The largest absolute Gasteiger partial charge is 0.424 e. The summed E-state index contributed by atoms with van der Waals surface area (Å²) in [6.07, 6.45) is 1.47. The number of methoxy groups -OCH3 is 1. The van der Waals surface area contributed by atoms with Gasteiger partial charge in [-0.05, 0) is 46.1 Å². The van der Waals surface area contributed by atoms with E-state index in [1.165, 1.54) is 14.7 Å². The first-order valence-corrected chi connectivity index (χ1v) is 13.0. The fourth-order valence-electron chi connectivity index (χ4n) is 6.15. The maximum Gasteiger partial charge on any atom is 0.424 e. The zero-order valence-corrected chi connectivity index (χ0v) is 22.4. The van der Waals surface area contributed by atoms with Crippen LogP contribution in [0.5, 0.6) is 0 Å². The standard InChI is InChI=1S/C26H36N4O7/c1-7-15-16-11-12-17-18(21(32)29(10-4)20(17)31)19(16)26(5)23(27-13-14-35-6)37-25(34)30(26)22(15)36-24(33)28(8-2)9-3/h11,17-19H,7-10,12-14H2,1-6H3/t17-,18-,19+,26+/m1/s1. The van der Waals surface area contributed by atoms with E-state index in [1.54, 1.807) is 21.0 Å². The van der Waals surface area contributed by atoms with E-state index in [2.05, 4.69) is 4.99 Å². The summed E-state index contributed by atoms with van der Waals surface area (Å²) in [6, 6.07) is 0. The summed E-state index contributed by atoms with van der Waals surface area (Å²) in [5.41, 5.74) is 0.158. The number of amides is 4. The van der Waals surface area contributed by atoms with Crippen LogP contribution in [0.4, 0.5) is 9.59 Å². The summed E-state index contributed by atoms with van der Waals surface area (Å²) in [5.74, 6) is -2.08. The lowest BCUT2D eigenvalue weighted by Crippen LogP contribution is -2.60. The Labute approximate surface area is 217 Å². The van der Waals surface area contributed by atoms with Gasteiger partial charge >= 0.3 is 12.2 Å². The summed E-state index contributed by atoms with van der Waals surface area (Å²) in [5, 5.41) is 0. The molecule has 0 bridgehead atoms. The number of carbonyl (C=O) groups excluding carboxylic acids is 4. The van der Waals surface area contributed by atoms with E-state index in [0.717, 1.165) is 5.57 Å². The molecule has 0 aromatic rings. The van der Waals surface area contributed by atoms with Gasteiger partial charge in [-0.15, -0.1) is 0 Å². The lowest BCUT2D eigenvalue weighted by atomic mass is 9.61. The van der Waals surface area contributed by atoms with Gasteiger partial charge in [0.1, 0.15) is 5.54 Å². The van der Waals surface area contributed by atoms with Gasteiger partial charge in [-0.25, -0.2) is 14.5 Å². The Balaban J connectivity index is 1.92. The third-order valence-corrected chi connectivity index (χ3v) is 7.96. The minimum absolute atomic E-state index is 0.0916. The Kier molecular flexibility index (Phi) is 7.45. The first-order valence-electron chi connectivity index (χ1n) is 13.0. The van der Waals surface area contributed by atoms with Crippen LogP contribution in [0.2, 0.25) is 0 Å². The molecule has 0 spiro atoms. The van der Waals surface area contributed by atoms with Crippen molar-refractivity contribution >= 4 is 29.9 Å². The minimum atomic E-state index is -1.28. The van der Waals surface area contributed by atoms with E-state index in [-0.39, 0.29) is 36.7 Å². The number of likely N-dealkylation sites (tertiary alicyclic amines) is 1. The van der Waals surface area contributed by atoms with Gasteiger partial charge in [0.2, 0.25) is 23.6 Å². The molecule has 202 valence electrons. The molecule has 0 aromatic heterocycles. The van der Waals surface area contributed by atoms with Gasteiger partial charge in [-0.2, -0.15) is 0 Å². The molecule has 2 saturated heterocycles. The minimum Gasteiger partial charge on any atom is -0.393 e. The number of carbonyl (C=O) groups is 4. The van der Waals surface area contributed by atoms with E-state index >= 15 is 0 Å². The maximum absolute atomic E-state index is 13.6. The number of fused-ring (bicyclic) bond motifs is 5. The highest BCUT2D eigenvalue weighted by Gasteiger charge is 2.67. The van der Waals surface area contributed by atoms with Gasteiger partial charge in [0.05, 0.1) is 25.0 Å². The lowest BCUT2D eigenvalue weighted by molar-refractivity contribution is -0.140. The van der Waals surface area contributed by atoms with Gasteiger partial charge in [0.15, 0.2) is 0 Å². The maximum atomic E-state index is 13.6. The number of nitrogens with zero attached hydrogens (tertiary/aromatic N) is 4. The van der Waals surface area contributed by atoms with Crippen molar-refractivity contribution in [3.05, 3.63) is 23.1 Å². The molecule has 2 fully saturated rings. The average Bonchev–Trinajstić information content (AvgIpc) is 3.28. The molecule has 4 atom stereocenters. The molecule has 4 aliphatic rings. The van der Waals surface area contributed by atoms with Crippen molar-refractivity contribution in [2.45, 2.75) is 53.0 Å². The molecule has 4 rings (SSSR count). The van der Waals surface area contributed by atoms with Crippen LogP contribution in [0.1, 0.15) is 47.5 Å². The summed E-state index contributed by atoms with van der Waals surface area (Å²) >= 11 is 0. The fraction of sp³-hybridized carbons (Fsp3) is 0.654. The quantitative estimate of drug-likeness (QED) is 0.360. The van der Waals surface area contributed by atoms with Crippen LogP contribution in [0.3, 0.4) is 0 Å². The molecule has 4 amide bonds. The second-order valence-electron chi connectivity index (χ2n) is 9.63. The molecule has 11 nitrogen and oxygen atoms in total. The van der Waals surface area contributed by atoms with Crippen LogP contribution < -0.4 is 0 Å². The number of hydrogen-bond donors (Lipinski definition) is 0. The van der Waals surface area contributed by atoms with E-state index in [4.69, 9.17) is 14.2 Å². The van der Waals surface area contributed by atoms with E-state index < -0.39 is 35.5 Å². The Morgan fingerprint density at radius 2 is 1.89 bits per heavy atom. The molecule has 3 heterocycles. The predicted molar refractivity (Wildman–Crippen MR) is 133 cm³/mol. The Hall–Kier alpha value is -3.21. The third-order valence-electron chi connectivity index (χ3n) is 7.96. The topological polar surface area (TPSA) is 118 Å². The van der Waals surface area contributed by atoms with Gasteiger partial charge in [0.25, 0.3) is 0 Å². The smallest absolute Gasteiger partial charge is 0.393 e. The Bertz CT molecular complexity index is 1090. The number of aliphatic imine (C=N–C) groups is 1. The molecule has 0 radical (unpaired) electrons. The SMILES string of the molecule is CCC1=C(OC(=O)N(CC)CC)N2C(=O)OC(=NCCOC)[C@]2(C)[C@H]2C1=CC[C@H]1C(=O)N(CC)C(=O)[C@H]12. The van der Waals surface area contributed by atoms with Crippen LogP contribution in [-0.4, -0.2) is 90.0 Å². The molecule has 0 unspecified atom stereocenters. The van der Waals surface area contributed by atoms with Crippen LogP contribution in [0.15, 0.2) is 28.1 Å².